The Kier molecular flexibility index (Phi) is 36.8. The molecule has 0 aromatic rings. The summed E-state index contributed by atoms with van der Waals surface area (Å²) < 4.78 is 32.6. The summed E-state index contributed by atoms with van der Waals surface area (Å²) in [5, 5.41) is 9.83. The quantitative estimate of drug-likeness (QED) is 0.0182. The van der Waals surface area contributed by atoms with Crippen molar-refractivity contribution in [3.05, 3.63) is 72.9 Å². The molecule has 0 aromatic carbocycles. The molecule has 0 heterocycles. The van der Waals surface area contributed by atoms with Gasteiger partial charge >= 0.3 is 19.8 Å². The van der Waals surface area contributed by atoms with E-state index in [0.29, 0.717) is 12.8 Å². The average molecular weight is 780 g/mol. The monoisotopic (exact) mass is 780 g/mol. The van der Waals surface area contributed by atoms with Gasteiger partial charge in [0.1, 0.15) is 6.61 Å². The summed E-state index contributed by atoms with van der Waals surface area (Å²) in [4.78, 5) is 34.7. The van der Waals surface area contributed by atoms with Crippen LogP contribution < -0.4 is 5.73 Å². The third-order valence-electron chi connectivity index (χ3n) is 8.20. The van der Waals surface area contributed by atoms with Gasteiger partial charge in [0.25, 0.3) is 0 Å². The van der Waals surface area contributed by atoms with Gasteiger partial charge in [0, 0.05) is 19.4 Å². The Morgan fingerprint density at radius 2 is 1.24 bits per heavy atom. The van der Waals surface area contributed by atoms with E-state index in [1.54, 1.807) is 6.08 Å². The van der Waals surface area contributed by atoms with Gasteiger partial charge in [0.2, 0.25) is 0 Å². The Bertz CT molecular complexity index is 1130. The highest BCUT2D eigenvalue weighted by atomic mass is 31.2. The second-order valence-corrected chi connectivity index (χ2v) is 14.8. The molecule has 0 bridgehead atoms. The zero-order chi connectivity index (χ0) is 39.8. The van der Waals surface area contributed by atoms with Crippen LogP contribution in [0.5, 0.6) is 0 Å². The number of carbonyl (C=O) groups excluding carboxylic acids is 2. The molecular formula is C43H74NO9P. The first-order chi connectivity index (χ1) is 26.2. The number of hydrogen-bond acceptors (Lipinski definition) is 9. The van der Waals surface area contributed by atoms with Gasteiger partial charge in [-0.05, 0) is 44.9 Å². The number of phosphoric ester groups is 1. The van der Waals surface area contributed by atoms with Gasteiger partial charge in [0.15, 0.2) is 6.10 Å². The number of allylic oxidation sites excluding steroid dienone is 10. The number of ether oxygens (including phenoxy) is 2. The fourth-order valence-corrected chi connectivity index (χ4v) is 5.92. The van der Waals surface area contributed by atoms with Crippen LogP contribution in [-0.2, 0) is 32.7 Å². The van der Waals surface area contributed by atoms with Crippen molar-refractivity contribution in [1.29, 1.82) is 0 Å². The van der Waals surface area contributed by atoms with Crippen LogP contribution >= 0.6 is 7.82 Å². The number of unbranched alkanes of at least 4 members (excludes halogenated alkanes) is 12. The number of aliphatic hydroxyl groups is 1. The fourth-order valence-electron chi connectivity index (χ4n) is 5.16. The van der Waals surface area contributed by atoms with Crippen molar-refractivity contribution in [3.8, 4) is 0 Å². The zero-order valence-electron chi connectivity index (χ0n) is 33.5. The molecule has 3 atom stereocenters. The van der Waals surface area contributed by atoms with E-state index in [-0.39, 0.29) is 32.6 Å². The predicted octanol–water partition coefficient (Wildman–Crippen LogP) is 10.5. The molecule has 0 aliphatic rings. The topological polar surface area (TPSA) is 155 Å². The van der Waals surface area contributed by atoms with Gasteiger partial charge in [-0.1, -0.05) is 164 Å². The maximum absolute atomic E-state index is 12.5. The number of nitrogens with two attached hydrogens (primary N) is 1. The van der Waals surface area contributed by atoms with Crippen molar-refractivity contribution >= 4 is 19.8 Å². The van der Waals surface area contributed by atoms with Gasteiger partial charge in [-0.15, -0.1) is 0 Å². The van der Waals surface area contributed by atoms with Crippen molar-refractivity contribution < 1.29 is 42.7 Å². The smallest absolute Gasteiger partial charge is 0.462 e. The molecule has 54 heavy (non-hydrogen) atoms. The number of phosphoric acid groups is 1. The van der Waals surface area contributed by atoms with E-state index >= 15 is 0 Å². The first-order valence-corrected chi connectivity index (χ1v) is 22.0. The van der Waals surface area contributed by atoms with Crippen LogP contribution in [0.25, 0.3) is 0 Å². The highest BCUT2D eigenvalue weighted by molar-refractivity contribution is 7.47. The van der Waals surface area contributed by atoms with Gasteiger partial charge in [-0.2, -0.15) is 0 Å². The first kappa shape index (κ1) is 51.4. The van der Waals surface area contributed by atoms with E-state index in [4.69, 9.17) is 24.3 Å². The minimum atomic E-state index is -4.41. The van der Waals surface area contributed by atoms with E-state index in [1.165, 1.54) is 64.2 Å². The summed E-state index contributed by atoms with van der Waals surface area (Å²) in [6.45, 7) is 3.40. The maximum Gasteiger partial charge on any atom is 0.472 e. The Morgan fingerprint density at radius 1 is 0.667 bits per heavy atom. The molecule has 4 N–H and O–H groups in total. The third kappa shape index (κ3) is 37.7. The van der Waals surface area contributed by atoms with Gasteiger partial charge < -0.3 is 25.2 Å². The molecule has 0 aliphatic carbocycles. The van der Waals surface area contributed by atoms with Crippen molar-refractivity contribution in [2.45, 2.75) is 161 Å². The first-order valence-electron chi connectivity index (χ1n) is 20.5. The molecule has 10 nitrogen and oxygen atoms in total. The molecule has 310 valence electrons. The SMILES string of the molecule is CC/C=C\CC(O)/C=C\C=C/C/C=C\C/C=C\C/C=C\CCC(=O)OC(COC(=O)CCCCCCCCCCCCCCC)COP(=O)(O)OCCN. The minimum Gasteiger partial charge on any atom is -0.462 e. The number of hydrogen-bond donors (Lipinski definition) is 3. The van der Waals surface area contributed by atoms with Gasteiger partial charge in [-0.25, -0.2) is 4.57 Å². The van der Waals surface area contributed by atoms with Gasteiger partial charge in [0.05, 0.1) is 19.3 Å². The molecule has 0 saturated heterocycles. The maximum atomic E-state index is 12.5. The minimum absolute atomic E-state index is 0.0329. The Balaban J connectivity index is 4.37. The largest absolute Gasteiger partial charge is 0.472 e. The second kappa shape index (κ2) is 38.7. The number of esters is 2. The van der Waals surface area contributed by atoms with Crippen LogP contribution in [0, 0.1) is 0 Å². The lowest BCUT2D eigenvalue weighted by molar-refractivity contribution is -0.161. The molecule has 3 unspecified atom stereocenters. The Hall–Kier alpha value is -2.59. The predicted molar refractivity (Wildman–Crippen MR) is 221 cm³/mol. The summed E-state index contributed by atoms with van der Waals surface area (Å²) in [6.07, 6.45) is 42.8. The van der Waals surface area contributed by atoms with Crippen LogP contribution in [-0.4, -0.2) is 60.5 Å². The zero-order valence-corrected chi connectivity index (χ0v) is 34.4. The normalized spacial score (nSPS) is 14.7. The number of rotatable bonds is 37. The van der Waals surface area contributed by atoms with E-state index in [2.05, 4.69) is 32.1 Å². The molecule has 0 rings (SSSR count). The summed E-state index contributed by atoms with van der Waals surface area (Å²) in [7, 11) is -4.41. The fraction of sp³-hybridized carbons (Fsp3) is 0.674. The Morgan fingerprint density at radius 3 is 1.83 bits per heavy atom. The lowest BCUT2D eigenvalue weighted by Gasteiger charge is -2.19. The second-order valence-electron chi connectivity index (χ2n) is 13.3. The van der Waals surface area contributed by atoms with Crippen LogP contribution in [0.15, 0.2) is 72.9 Å². The highest BCUT2D eigenvalue weighted by Crippen LogP contribution is 2.43. The van der Waals surface area contributed by atoms with E-state index in [0.717, 1.165) is 44.9 Å². The van der Waals surface area contributed by atoms with Crippen molar-refractivity contribution in [3.63, 3.8) is 0 Å². The molecule has 0 spiro atoms. The molecule has 0 amide bonds. The number of aliphatic hydroxyl groups excluding tert-OH is 1. The van der Waals surface area contributed by atoms with Crippen LogP contribution in [0.2, 0.25) is 0 Å². The van der Waals surface area contributed by atoms with Crippen LogP contribution in [0.4, 0.5) is 0 Å². The Labute approximate surface area is 327 Å². The summed E-state index contributed by atoms with van der Waals surface area (Å²) >= 11 is 0. The van der Waals surface area contributed by atoms with Gasteiger partial charge in [-0.3, -0.25) is 18.6 Å². The van der Waals surface area contributed by atoms with E-state index in [1.807, 2.05) is 48.6 Å². The lowest BCUT2D eigenvalue weighted by Crippen LogP contribution is -2.29. The number of carbonyl (C=O) groups is 2. The molecule has 0 radical (unpaired) electrons. The summed E-state index contributed by atoms with van der Waals surface area (Å²) in [5.41, 5.74) is 5.33. The third-order valence-corrected chi connectivity index (χ3v) is 9.18. The summed E-state index contributed by atoms with van der Waals surface area (Å²) in [6, 6.07) is 0. The molecule has 0 fully saturated rings. The molecule has 0 aliphatic heterocycles. The highest BCUT2D eigenvalue weighted by Gasteiger charge is 2.25. The molecule has 0 saturated carbocycles. The van der Waals surface area contributed by atoms with Crippen molar-refractivity contribution in [2.24, 2.45) is 5.73 Å². The lowest BCUT2D eigenvalue weighted by atomic mass is 10.0. The van der Waals surface area contributed by atoms with E-state index in [9.17, 15) is 24.2 Å². The molecule has 0 aromatic heterocycles. The standard InChI is InChI=1S/C43H74NO9P/c1-3-5-7-8-9-10-11-13-17-20-23-26-30-34-42(46)50-38-41(39-52-54(48,49)51-37-36-44)53-43(47)35-31-27-24-21-18-15-12-14-16-19-22-25-29-33-40(45)32-28-6-4-2/h6,14-16,18,22,24-25,27-29,33,40-41,45H,3-5,7-13,17,19-21,23,26,30-32,34-39,44H2,1-2H3,(H,48,49)/b16-14-,18-15-,25-22-,27-24-,28-6-,33-29-. The average Bonchev–Trinajstić information content (AvgIpc) is 3.15. The van der Waals surface area contributed by atoms with Crippen LogP contribution in [0.3, 0.4) is 0 Å². The van der Waals surface area contributed by atoms with Crippen LogP contribution in [0.1, 0.15) is 149 Å². The van der Waals surface area contributed by atoms with E-state index < -0.39 is 38.6 Å². The molecular weight excluding hydrogens is 705 g/mol. The van der Waals surface area contributed by atoms with Crippen molar-refractivity contribution in [2.75, 3.05) is 26.4 Å². The van der Waals surface area contributed by atoms with Crippen molar-refractivity contribution in [1.82, 2.24) is 0 Å². The summed E-state index contributed by atoms with van der Waals surface area (Å²) in [5.74, 6) is -0.952. The molecule has 11 heteroatoms.